The zero-order chi connectivity index (χ0) is 16.4. The van der Waals surface area contributed by atoms with Gasteiger partial charge in [0.25, 0.3) is 0 Å². The van der Waals surface area contributed by atoms with Crippen LogP contribution in [0.5, 0.6) is 5.75 Å². The van der Waals surface area contributed by atoms with Gasteiger partial charge in [-0.2, -0.15) is 0 Å². The van der Waals surface area contributed by atoms with Gasteiger partial charge in [0, 0.05) is 11.1 Å². The molecule has 6 nitrogen and oxygen atoms in total. The fourth-order valence-electron chi connectivity index (χ4n) is 2.01. The Morgan fingerprint density at radius 2 is 1.70 bits per heavy atom. The monoisotopic (exact) mass is 374 g/mol. The second kappa shape index (κ2) is 6.21. The molecule has 3 aromatic rings. The molecule has 0 bridgehead atoms. The van der Waals surface area contributed by atoms with Gasteiger partial charge in [-0.15, -0.1) is 10.2 Å². The number of carboxylic acids is 1. The molecule has 0 aliphatic carbocycles. The van der Waals surface area contributed by atoms with E-state index in [-0.39, 0.29) is 5.56 Å². The van der Waals surface area contributed by atoms with Crippen molar-refractivity contribution in [2.75, 3.05) is 7.11 Å². The average Bonchev–Trinajstić information content (AvgIpc) is 3.05. The van der Waals surface area contributed by atoms with Crippen LogP contribution in [-0.4, -0.2) is 28.4 Å². The van der Waals surface area contributed by atoms with Gasteiger partial charge in [-0.3, -0.25) is 0 Å². The lowest BCUT2D eigenvalue weighted by Gasteiger charge is -2.03. The summed E-state index contributed by atoms with van der Waals surface area (Å²) in [6, 6.07) is 11.7. The maximum absolute atomic E-state index is 10.9. The Morgan fingerprint density at radius 1 is 1.09 bits per heavy atom. The van der Waals surface area contributed by atoms with Crippen molar-refractivity contribution in [3.8, 4) is 28.7 Å². The van der Waals surface area contributed by atoms with Crippen molar-refractivity contribution in [3.63, 3.8) is 0 Å². The Labute approximate surface area is 139 Å². The van der Waals surface area contributed by atoms with E-state index in [1.807, 2.05) is 12.1 Å². The van der Waals surface area contributed by atoms with Crippen LogP contribution in [0.15, 0.2) is 51.4 Å². The highest BCUT2D eigenvalue weighted by Crippen LogP contribution is 2.31. The number of carboxylic acid groups (broad SMARTS) is 1. The summed E-state index contributed by atoms with van der Waals surface area (Å²) in [5.41, 5.74) is 1.60. The maximum Gasteiger partial charge on any atom is 0.335 e. The molecule has 0 fully saturated rings. The maximum atomic E-state index is 10.9. The van der Waals surface area contributed by atoms with Crippen LogP contribution in [0, 0.1) is 0 Å². The number of benzene rings is 2. The van der Waals surface area contributed by atoms with Crippen LogP contribution in [0.2, 0.25) is 0 Å². The third-order valence-electron chi connectivity index (χ3n) is 3.20. The normalized spacial score (nSPS) is 10.5. The number of methoxy groups -OCH3 is 1. The quantitative estimate of drug-likeness (QED) is 0.745. The van der Waals surface area contributed by atoms with E-state index in [2.05, 4.69) is 26.1 Å². The Kier molecular flexibility index (Phi) is 4.12. The Morgan fingerprint density at radius 3 is 2.26 bits per heavy atom. The zero-order valence-corrected chi connectivity index (χ0v) is 13.6. The highest BCUT2D eigenvalue weighted by atomic mass is 79.9. The molecular weight excluding hydrogens is 364 g/mol. The molecule has 3 rings (SSSR count). The second-order valence-corrected chi connectivity index (χ2v) is 5.50. The number of aromatic nitrogens is 2. The topological polar surface area (TPSA) is 85.5 Å². The summed E-state index contributed by atoms with van der Waals surface area (Å²) in [6.45, 7) is 0. The zero-order valence-electron chi connectivity index (χ0n) is 12.0. The number of ether oxygens (including phenoxy) is 1. The first-order valence-corrected chi connectivity index (χ1v) is 7.39. The largest absolute Gasteiger partial charge is 0.496 e. The standard InChI is InChI=1S/C16H11BrN2O4/c1-22-13-7-6-11(8-12(13)17)15-19-18-14(23-15)9-2-4-10(5-3-9)16(20)21/h2-8H,1H3,(H,20,21). The molecule has 0 radical (unpaired) electrons. The van der Waals surface area contributed by atoms with Crippen molar-refractivity contribution in [1.82, 2.24) is 10.2 Å². The molecule has 1 heterocycles. The Balaban J connectivity index is 1.91. The van der Waals surface area contributed by atoms with E-state index in [9.17, 15) is 4.79 Å². The van der Waals surface area contributed by atoms with Gasteiger partial charge < -0.3 is 14.3 Å². The van der Waals surface area contributed by atoms with Gasteiger partial charge in [0.15, 0.2) is 0 Å². The number of halogens is 1. The second-order valence-electron chi connectivity index (χ2n) is 4.64. The molecule has 7 heteroatoms. The van der Waals surface area contributed by atoms with Gasteiger partial charge in [0.1, 0.15) is 5.75 Å². The summed E-state index contributed by atoms with van der Waals surface area (Å²) in [6.07, 6.45) is 0. The summed E-state index contributed by atoms with van der Waals surface area (Å²) in [5, 5.41) is 16.9. The predicted octanol–water partition coefficient (Wildman–Crippen LogP) is 3.87. The number of carbonyl (C=O) groups is 1. The molecule has 0 saturated heterocycles. The van der Waals surface area contributed by atoms with Crippen LogP contribution in [0.25, 0.3) is 22.9 Å². The van der Waals surface area contributed by atoms with Crippen molar-refractivity contribution in [2.24, 2.45) is 0 Å². The van der Waals surface area contributed by atoms with Crippen LogP contribution in [0.3, 0.4) is 0 Å². The van der Waals surface area contributed by atoms with Crippen LogP contribution in [0.4, 0.5) is 0 Å². The lowest BCUT2D eigenvalue weighted by Crippen LogP contribution is -1.94. The molecule has 0 amide bonds. The van der Waals surface area contributed by atoms with E-state index in [4.69, 9.17) is 14.3 Å². The number of aromatic carboxylic acids is 1. The van der Waals surface area contributed by atoms with Crippen LogP contribution < -0.4 is 4.74 Å². The fraction of sp³-hybridized carbons (Fsp3) is 0.0625. The van der Waals surface area contributed by atoms with Gasteiger partial charge in [-0.25, -0.2) is 4.79 Å². The first-order valence-electron chi connectivity index (χ1n) is 6.59. The molecule has 116 valence electrons. The van der Waals surface area contributed by atoms with E-state index >= 15 is 0 Å². The molecule has 0 aliphatic heterocycles. The van der Waals surface area contributed by atoms with Crippen LogP contribution in [0.1, 0.15) is 10.4 Å². The number of hydrogen-bond acceptors (Lipinski definition) is 5. The van der Waals surface area contributed by atoms with Crippen LogP contribution >= 0.6 is 15.9 Å². The highest BCUT2D eigenvalue weighted by molar-refractivity contribution is 9.10. The number of rotatable bonds is 4. The first kappa shape index (κ1) is 15.2. The summed E-state index contributed by atoms with van der Waals surface area (Å²) in [7, 11) is 1.59. The Hall–Kier alpha value is -2.67. The van der Waals surface area contributed by atoms with Gasteiger partial charge >= 0.3 is 5.97 Å². The molecule has 0 spiro atoms. The lowest BCUT2D eigenvalue weighted by atomic mass is 10.1. The SMILES string of the molecule is COc1ccc(-c2nnc(-c3ccc(C(=O)O)cc3)o2)cc1Br. The molecule has 2 aromatic carbocycles. The molecule has 0 unspecified atom stereocenters. The van der Waals surface area contributed by atoms with Crippen molar-refractivity contribution >= 4 is 21.9 Å². The van der Waals surface area contributed by atoms with Crippen molar-refractivity contribution in [2.45, 2.75) is 0 Å². The average molecular weight is 375 g/mol. The molecule has 1 aromatic heterocycles. The summed E-state index contributed by atoms with van der Waals surface area (Å²) in [4.78, 5) is 10.9. The third-order valence-corrected chi connectivity index (χ3v) is 3.82. The Bertz CT molecular complexity index is 859. The van der Waals surface area contributed by atoms with E-state index in [0.717, 1.165) is 10.0 Å². The van der Waals surface area contributed by atoms with E-state index < -0.39 is 5.97 Å². The van der Waals surface area contributed by atoms with Crippen molar-refractivity contribution < 1.29 is 19.1 Å². The minimum absolute atomic E-state index is 0.201. The minimum Gasteiger partial charge on any atom is -0.496 e. The van der Waals surface area contributed by atoms with E-state index in [0.29, 0.717) is 23.1 Å². The number of hydrogen-bond donors (Lipinski definition) is 1. The lowest BCUT2D eigenvalue weighted by molar-refractivity contribution is 0.0697. The van der Waals surface area contributed by atoms with E-state index in [1.165, 1.54) is 12.1 Å². The van der Waals surface area contributed by atoms with Gasteiger partial charge in [-0.1, -0.05) is 0 Å². The molecule has 0 saturated carbocycles. The van der Waals surface area contributed by atoms with E-state index in [1.54, 1.807) is 25.3 Å². The van der Waals surface area contributed by atoms with Crippen LogP contribution in [-0.2, 0) is 0 Å². The number of nitrogens with zero attached hydrogens (tertiary/aromatic N) is 2. The van der Waals surface area contributed by atoms with Crippen molar-refractivity contribution in [3.05, 3.63) is 52.5 Å². The summed E-state index contributed by atoms with van der Waals surface area (Å²) in [5.74, 6) is 0.415. The van der Waals surface area contributed by atoms with Crippen molar-refractivity contribution in [1.29, 1.82) is 0 Å². The summed E-state index contributed by atoms with van der Waals surface area (Å²) < 4.78 is 11.6. The van der Waals surface area contributed by atoms with Gasteiger partial charge in [0.05, 0.1) is 17.1 Å². The van der Waals surface area contributed by atoms with Gasteiger partial charge in [0.2, 0.25) is 11.8 Å². The third kappa shape index (κ3) is 3.09. The molecular formula is C16H11BrN2O4. The van der Waals surface area contributed by atoms with Gasteiger partial charge in [-0.05, 0) is 58.4 Å². The minimum atomic E-state index is -0.981. The first-order chi connectivity index (χ1) is 11.1. The predicted molar refractivity (Wildman–Crippen MR) is 86.4 cm³/mol. The molecule has 1 N–H and O–H groups in total. The molecule has 0 aliphatic rings. The smallest absolute Gasteiger partial charge is 0.335 e. The molecule has 0 atom stereocenters. The molecule has 23 heavy (non-hydrogen) atoms. The summed E-state index contributed by atoms with van der Waals surface area (Å²) >= 11 is 3.41. The fourth-order valence-corrected chi connectivity index (χ4v) is 2.55. The highest BCUT2D eigenvalue weighted by Gasteiger charge is 2.13.